The first-order chi connectivity index (χ1) is 9.36. The first kappa shape index (κ1) is 15.6. The zero-order valence-corrected chi connectivity index (χ0v) is 12.3. The molecular weight excluding hydrogens is 337 g/mol. The minimum absolute atomic E-state index is 0.133. The standard InChI is InChI=1S/C13H16BrF3N2O/c14-9-5-11(13(15,16)17)12(19-7-9)18-6-8-1-3-10(20)4-2-8/h5,7-8,10,20H,1-4,6H2,(H,18,19). The van der Waals surface area contributed by atoms with E-state index in [4.69, 9.17) is 0 Å². The molecule has 1 fully saturated rings. The lowest BCUT2D eigenvalue weighted by Gasteiger charge is -2.26. The van der Waals surface area contributed by atoms with Crippen molar-refractivity contribution in [3.63, 3.8) is 0 Å². The van der Waals surface area contributed by atoms with Crippen molar-refractivity contribution in [2.75, 3.05) is 11.9 Å². The zero-order chi connectivity index (χ0) is 14.8. The number of nitrogens with zero attached hydrogens (tertiary/aromatic N) is 1. The highest BCUT2D eigenvalue weighted by atomic mass is 79.9. The molecule has 0 aromatic carbocycles. The molecule has 0 spiro atoms. The number of aliphatic hydroxyl groups excluding tert-OH is 1. The van der Waals surface area contributed by atoms with E-state index in [0.29, 0.717) is 23.9 Å². The summed E-state index contributed by atoms with van der Waals surface area (Å²) < 4.78 is 39.0. The first-order valence-electron chi connectivity index (χ1n) is 6.51. The number of hydrogen-bond donors (Lipinski definition) is 2. The zero-order valence-electron chi connectivity index (χ0n) is 10.8. The topological polar surface area (TPSA) is 45.1 Å². The molecule has 2 rings (SSSR count). The number of hydrogen-bond acceptors (Lipinski definition) is 3. The SMILES string of the molecule is OC1CCC(CNc2ncc(Br)cc2C(F)(F)F)CC1. The summed E-state index contributed by atoms with van der Waals surface area (Å²) in [6.45, 7) is 0.449. The molecule has 1 aromatic rings. The van der Waals surface area contributed by atoms with E-state index in [9.17, 15) is 18.3 Å². The highest BCUT2D eigenvalue weighted by molar-refractivity contribution is 9.10. The van der Waals surface area contributed by atoms with Gasteiger partial charge in [0, 0.05) is 17.2 Å². The van der Waals surface area contributed by atoms with E-state index in [1.807, 2.05) is 0 Å². The molecule has 1 heterocycles. The first-order valence-corrected chi connectivity index (χ1v) is 7.30. The van der Waals surface area contributed by atoms with Crippen LogP contribution in [0, 0.1) is 5.92 Å². The van der Waals surface area contributed by atoms with Crippen molar-refractivity contribution in [1.29, 1.82) is 0 Å². The number of rotatable bonds is 3. The predicted octanol–water partition coefficient (Wildman–Crippen LogP) is 3.83. The Balaban J connectivity index is 2.02. The van der Waals surface area contributed by atoms with Crippen molar-refractivity contribution in [1.82, 2.24) is 4.98 Å². The van der Waals surface area contributed by atoms with E-state index in [0.717, 1.165) is 18.9 Å². The van der Waals surface area contributed by atoms with Crippen LogP contribution in [0.1, 0.15) is 31.2 Å². The molecule has 3 nitrogen and oxygen atoms in total. The van der Waals surface area contributed by atoms with Gasteiger partial charge >= 0.3 is 6.18 Å². The summed E-state index contributed by atoms with van der Waals surface area (Å²) in [7, 11) is 0. The van der Waals surface area contributed by atoms with Crippen molar-refractivity contribution < 1.29 is 18.3 Å². The Morgan fingerprint density at radius 3 is 2.55 bits per heavy atom. The second-order valence-electron chi connectivity index (χ2n) is 5.10. The second-order valence-corrected chi connectivity index (χ2v) is 6.02. The number of alkyl halides is 3. The normalized spacial score (nSPS) is 23.6. The maximum Gasteiger partial charge on any atom is 0.419 e. The predicted molar refractivity (Wildman–Crippen MR) is 73.4 cm³/mol. The van der Waals surface area contributed by atoms with Crippen LogP contribution in [-0.2, 0) is 6.18 Å². The average molecular weight is 353 g/mol. The second kappa shape index (κ2) is 6.30. The fraction of sp³-hybridized carbons (Fsp3) is 0.615. The molecule has 0 saturated heterocycles. The van der Waals surface area contributed by atoms with E-state index >= 15 is 0 Å². The number of aromatic nitrogens is 1. The molecule has 1 aliphatic carbocycles. The molecule has 0 aliphatic heterocycles. The van der Waals surface area contributed by atoms with Crippen LogP contribution in [0.25, 0.3) is 0 Å². The number of aliphatic hydroxyl groups is 1. The van der Waals surface area contributed by atoms with Crippen molar-refractivity contribution in [3.8, 4) is 0 Å². The Hall–Kier alpha value is -0.820. The Morgan fingerprint density at radius 1 is 1.30 bits per heavy atom. The lowest BCUT2D eigenvalue weighted by molar-refractivity contribution is -0.137. The highest BCUT2D eigenvalue weighted by Gasteiger charge is 2.34. The smallest absolute Gasteiger partial charge is 0.393 e. The maximum atomic E-state index is 12.9. The van der Waals surface area contributed by atoms with Crippen LogP contribution in [0.2, 0.25) is 0 Å². The molecule has 112 valence electrons. The van der Waals surface area contributed by atoms with Gasteiger partial charge < -0.3 is 10.4 Å². The molecule has 0 amide bonds. The van der Waals surface area contributed by atoms with E-state index in [-0.39, 0.29) is 17.8 Å². The minimum atomic E-state index is -4.43. The third kappa shape index (κ3) is 4.09. The van der Waals surface area contributed by atoms with Gasteiger partial charge in [-0.15, -0.1) is 0 Å². The van der Waals surface area contributed by atoms with Crippen molar-refractivity contribution in [2.24, 2.45) is 5.92 Å². The van der Waals surface area contributed by atoms with Crippen LogP contribution in [0.5, 0.6) is 0 Å². The highest BCUT2D eigenvalue weighted by Crippen LogP contribution is 2.35. The Morgan fingerprint density at radius 2 is 1.95 bits per heavy atom. The van der Waals surface area contributed by atoms with Gasteiger partial charge in [0.1, 0.15) is 5.82 Å². The molecular formula is C13H16BrF3N2O. The molecule has 1 aromatic heterocycles. The molecule has 1 saturated carbocycles. The Labute approximate surface area is 123 Å². The molecule has 2 N–H and O–H groups in total. The molecule has 0 bridgehead atoms. The summed E-state index contributed by atoms with van der Waals surface area (Å²) in [6.07, 6.45) is -0.261. The van der Waals surface area contributed by atoms with Crippen LogP contribution in [0.4, 0.5) is 19.0 Å². The number of nitrogens with one attached hydrogen (secondary N) is 1. The largest absolute Gasteiger partial charge is 0.419 e. The number of halogens is 4. The third-order valence-electron chi connectivity index (χ3n) is 3.53. The maximum absolute atomic E-state index is 12.9. The van der Waals surface area contributed by atoms with Gasteiger partial charge in [-0.05, 0) is 53.6 Å². The van der Waals surface area contributed by atoms with E-state index in [1.54, 1.807) is 0 Å². The lowest BCUT2D eigenvalue weighted by atomic mass is 9.87. The summed E-state index contributed by atoms with van der Waals surface area (Å²) in [6, 6.07) is 1.03. The summed E-state index contributed by atoms with van der Waals surface area (Å²) in [5.74, 6) is 0.150. The van der Waals surface area contributed by atoms with Gasteiger partial charge in [0.2, 0.25) is 0 Å². The average Bonchev–Trinajstić information content (AvgIpc) is 2.38. The summed E-state index contributed by atoms with van der Waals surface area (Å²) in [5.41, 5.74) is -0.761. The van der Waals surface area contributed by atoms with Crippen LogP contribution in [0.15, 0.2) is 16.7 Å². The van der Waals surface area contributed by atoms with Crippen molar-refractivity contribution in [2.45, 2.75) is 38.0 Å². The lowest BCUT2D eigenvalue weighted by Crippen LogP contribution is -2.24. The minimum Gasteiger partial charge on any atom is -0.393 e. The van der Waals surface area contributed by atoms with E-state index in [1.165, 1.54) is 6.20 Å². The quantitative estimate of drug-likeness (QED) is 0.868. The van der Waals surface area contributed by atoms with Gasteiger partial charge in [-0.1, -0.05) is 0 Å². The summed E-state index contributed by atoms with van der Waals surface area (Å²) in [4.78, 5) is 3.82. The molecule has 0 unspecified atom stereocenters. The summed E-state index contributed by atoms with van der Waals surface area (Å²) >= 11 is 3.01. The molecule has 0 radical (unpaired) electrons. The van der Waals surface area contributed by atoms with Gasteiger partial charge in [0.15, 0.2) is 0 Å². The van der Waals surface area contributed by atoms with Crippen LogP contribution in [0.3, 0.4) is 0 Å². The monoisotopic (exact) mass is 352 g/mol. The van der Waals surface area contributed by atoms with Crippen LogP contribution < -0.4 is 5.32 Å². The van der Waals surface area contributed by atoms with E-state index in [2.05, 4.69) is 26.2 Å². The van der Waals surface area contributed by atoms with Gasteiger partial charge in [0.05, 0.1) is 11.7 Å². The molecule has 1 aliphatic rings. The molecule has 7 heteroatoms. The Bertz CT molecular complexity index is 459. The van der Waals surface area contributed by atoms with Crippen LogP contribution in [-0.4, -0.2) is 22.7 Å². The molecule has 20 heavy (non-hydrogen) atoms. The number of pyridine rings is 1. The van der Waals surface area contributed by atoms with Gasteiger partial charge in [-0.25, -0.2) is 4.98 Å². The van der Waals surface area contributed by atoms with Crippen LogP contribution >= 0.6 is 15.9 Å². The fourth-order valence-corrected chi connectivity index (χ4v) is 2.72. The van der Waals surface area contributed by atoms with Gasteiger partial charge in [0.25, 0.3) is 0 Å². The third-order valence-corrected chi connectivity index (χ3v) is 3.97. The van der Waals surface area contributed by atoms with Gasteiger partial charge in [-0.3, -0.25) is 0 Å². The Kier molecular flexibility index (Phi) is 4.90. The summed E-state index contributed by atoms with van der Waals surface area (Å²) in [5, 5.41) is 12.2. The van der Waals surface area contributed by atoms with Crippen molar-refractivity contribution in [3.05, 3.63) is 22.3 Å². The van der Waals surface area contributed by atoms with E-state index < -0.39 is 11.7 Å². The van der Waals surface area contributed by atoms with Crippen molar-refractivity contribution >= 4 is 21.7 Å². The fourth-order valence-electron chi connectivity index (χ4n) is 2.39. The molecule has 0 atom stereocenters. The van der Waals surface area contributed by atoms with Gasteiger partial charge in [-0.2, -0.15) is 13.2 Å². The number of anilines is 1.